The zero-order chi connectivity index (χ0) is 13.4. The summed E-state index contributed by atoms with van der Waals surface area (Å²) in [5, 5.41) is 3.43. The predicted octanol–water partition coefficient (Wildman–Crippen LogP) is 1.42. The molecule has 1 aromatic rings. The van der Waals surface area contributed by atoms with Crippen molar-refractivity contribution < 1.29 is 24.1 Å². The lowest BCUT2D eigenvalue weighted by Gasteiger charge is -2.24. The summed E-state index contributed by atoms with van der Waals surface area (Å²) in [5.41, 5.74) is 0.435. The Balaban J connectivity index is 3.00. The van der Waals surface area contributed by atoms with Gasteiger partial charge in [-0.05, 0) is 0 Å². The zero-order valence-electron chi connectivity index (χ0n) is 10.5. The Morgan fingerprint density at radius 1 is 1.17 bits per heavy atom. The molecule has 98 valence electrons. The molecule has 0 aliphatic heterocycles. The Bertz CT molecular complexity index is 400. The largest absolute Gasteiger partial charge is 0.342 e. The Morgan fingerprint density at radius 3 is 2.28 bits per heavy atom. The van der Waals surface area contributed by atoms with E-state index >= 15 is 0 Å². The average Bonchev–Trinajstić information content (AvgIpc) is 2.44. The van der Waals surface area contributed by atoms with Gasteiger partial charge in [-0.25, -0.2) is 4.99 Å². The van der Waals surface area contributed by atoms with Crippen molar-refractivity contribution >= 4 is 12.0 Å². The van der Waals surface area contributed by atoms with E-state index in [0.29, 0.717) is 5.56 Å². The van der Waals surface area contributed by atoms with Gasteiger partial charge in [0.15, 0.2) is 0 Å². The smallest absolute Gasteiger partial charge is 0.274 e. The molecule has 0 saturated carbocycles. The summed E-state index contributed by atoms with van der Waals surface area (Å²) in [6, 6.07) is 8.60. The Morgan fingerprint density at radius 2 is 1.78 bits per heavy atom. The minimum atomic E-state index is -1.64. The van der Waals surface area contributed by atoms with Gasteiger partial charge < -0.3 is 9.47 Å². The van der Waals surface area contributed by atoms with E-state index in [9.17, 15) is 4.79 Å². The molecule has 0 aliphatic rings. The topological polar surface area (TPSA) is 66.3 Å². The molecule has 0 amide bonds. The first kappa shape index (κ1) is 14.3. The van der Waals surface area contributed by atoms with E-state index in [1.165, 1.54) is 21.3 Å². The second kappa shape index (κ2) is 6.85. The van der Waals surface area contributed by atoms with Gasteiger partial charge in [-0.2, -0.15) is 4.89 Å². The molecule has 0 saturated heterocycles. The van der Waals surface area contributed by atoms with Crippen LogP contribution in [0, 0.1) is 0 Å². The molecule has 0 aromatic heterocycles. The fourth-order valence-corrected chi connectivity index (χ4v) is 1.36. The number of ketones is 1. The van der Waals surface area contributed by atoms with Crippen molar-refractivity contribution in [1.29, 1.82) is 0 Å². The van der Waals surface area contributed by atoms with Crippen LogP contribution >= 0.6 is 0 Å². The normalized spacial score (nSPS) is 11.7. The summed E-state index contributed by atoms with van der Waals surface area (Å²) in [5.74, 6) is -2.03. The maximum absolute atomic E-state index is 12.3. The summed E-state index contributed by atoms with van der Waals surface area (Å²) in [6.07, 6.45) is 1.09. The monoisotopic (exact) mass is 253 g/mol. The summed E-state index contributed by atoms with van der Waals surface area (Å²) in [6.45, 7) is 0. The van der Waals surface area contributed by atoms with Crippen molar-refractivity contribution in [3.8, 4) is 0 Å². The SMILES string of the molecule is COON=CC(OC)(OC)C(=O)c1ccccc1. The molecule has 0 fully saturated rings. The maximum Gasteiger partial charge on any atom is 0.274 e. The third kappa shape index (κ3) is 3.13. The van der Waals surface area contributed by atoms with E-state index in [1.807, 2.05) is 0 Å². The number of carbonyl (C=O) groups is 1. The fourth-order valence-electron chi connectivity index (χ4n) is 1.36. The lowest BCUT2D eigenvalue weighted by Crippen LogP contribution is -2.44. The highest BCUT2D eigenvalue weighted by Gasteiger charge is 2.38. The number of hydrogen-bond donors (Lipinski definition) is 0. The van der Waals surface area contributed by atoms with E-state index in [1.54, 1.807) is 30.3 Å². The minimum absolute atomic E-state index is 0.392. The van der Waals surface area contributed by atoms with Gasteiger partial charge in [0, 0.05) is 19.8 Å². The molecule has 1 rings (SSSR count). The van der Waals surface area contributed by atoms with Crippen molar-refractivity contribution in [3.05, 3.63) is 35.9 Å². The van der Waals surface area contributed by atoms with Gasteiger partial charge in [0.05, 0.1) is 7.11 Å². The molecule has 0 atom stereocenters. The van der Waals surface area contributed by atoms with Crippen LogP contribution in [-0.2, 0) is 19.3 Å². The molecule has 0 bridgehead atoms. The summed E-state index contributed by atoms with van der Waals surface area (Å²) in [4.78, 5) is 20.9. The number of carbonyl (C=O) groups excluding carboxylic acids is 1. The molecule has 0 spiro atoms. The molecule has 6 nitrogen and oxygen atoms in total. The van der Waals surface area contributed by atoms with Crippen LogP contribution in [0.4, 0.5) is 0 Å². The van der Waals surface area contributed by atoms with Crippen LogP contribution in [0.25, 0.3) is 0 Å². The zero-order valence-corrected chi connectivity index (χ0v) is 10.5. The molecule has 18 heavy (non-hydrogen) atoms. The van der Waals surface area contributed by atoms with Crippen molar-refractivity contribution in [2.45, 2.75) is 5.79 Å². The lowest BCUT2D eigenvalue weighted by atomic mass is 10.0. The van der Waals surface area contributed by atoms with Gasteiger partial charge in [0.25, 0.3) is 5.79 Å². The van der Waals surface area contributed by atoms with Crippen LogP contribution in [0.15, 0.2) is 35.5 Å². The standard InChI is InChI=1S/C12H15NO5/c1-15-12(16-2,9-13-18-17-3)11(14)10-7-5-4-6-8-10/h4-9H,1-3H3. The summed E-state index contributed by atoms with van der Waals surface area (Å²) >= 11 is 0. The van der Waals surface area contributed by atoms with E-state index in [0.717, 1.165) is 6.21 Å². The molecule has 0 heterocycles. The first-order valence-corrected chi connectivity index (χ1v) is 5.14. The average molecular weight is 253 g/mol. The highest BCUT2D eigenvalue weighted by molar-refractivity contribution is 6.11. The van der Waals surface area contributed by atoms with E-state index in [2.05, 4.69) is 15.0 Å². The third-order valence-corrected chi connectivity index (χ3v) is 2.30. The van der Waals surface area contributed by atoms with Crippen molar-refractivity contribution in [2.75, 3.05) is 21.3 Å². The number of hydrogen-bond acceptors (Lipinski definition) is 6. The first-order valence-electron chi connectivity index (χ1n) is 5.14. The second-order valence-corrected chi connectivity index (χ2v) is 3.25. The van der Waals surface area contributed by atoms with Gasteiger partial charge in [-0.1, -0.05) is 35.5 Å². The number of rotatable bonds is 7. The lowest BCUT2D eigenvalue weighted by molar-refractivity contribution is -0.274. The number of nitrogens with zero attached hydrogens (tertiary/aromatic N) is 1. The van der Waals surface area contributed by atoms with Gasteiger partial charge in [0.1, 0.15) is 6.21 Å². The molecule has 6 heteroatoms. The molecular weight excluding hydrogens is 238 g/mol. The van der Waals surface area contributed by atoms with Gasteiger partial charge in [-0.15, -0.1) is 0 Å². The molecule has 0 unspecified atom stereocenters. The van der Waals surface area contributed by atoms with E-state index in [-0.39, 0.29) is 0 Å². The molecule has 1 aromatic carbocycles. The molecule has 0 N–H and O–H groups in total. The Kier molecular flexibility index (Phi) is 5.44. The minimum Gasteiger partial charge on any atom is -0.342 e. The Labute approximate surface area is 105 Å². The third-order valence-electron chi connectivity index (χ3n) is 2.30. The molecule has 0 aliphatic carbocycles. The van der Waals surface area contributed by atoms with Crippen molar-refractivity contribution in [1.82, 2.24) is 0 Å². The summed E-state index contributed by atoms with van der Waals surface area (Å²) < 4.78 is 10.2. The molecular formula is C12H15NO5. The maximum atomic E-state index is 12.3. The number of oxime groups is 1. The first-order chi connectivity index (χ1) is 8.70. The van der Waals surface area contributed by atoms with Gasteiger partial charge in [-0.3, -0.25) is 4.79 Å². The highest BCUT2D eigenvalue weighted by Crippen LogP contribution is 2.17. The number of ether oxygens (including phenoxy) is 2. The second-order valence-electron chi connectivity index (χ2n) is 3.25. The van der Waals surface area contributed by atoms with Crippen LogP contribution in [0.3, 0.4) is 0 Å². The predicted molar refractivity (Wildman–Crippen MR) is 64.1 cm³/mol. The highest BCUT2D eigenvalue weighted by atomic mass is 17.3. The van der Waals surface area contributed by atoms with E-state index in [4.69, 9.17) is 9.47 Å². The Hall–Kier alpha value is -1.76. The van der Waals surface area contributed by atoms with Crippen LogP contribution in [-0.4, -0.2) is 39.1 Å². The van der Waals surface area contributed by atoms with Crippen LogP contribution in [0.5, 0.6) is 0 Å². The van der Waals surface area contributed by atoms with Gasteiger partial charge in [0.2, 0.25) is 5.78 Å². The molecule has 0 radical (unpaired) electrons. The van der Waals surface area contributed by atoms with Crippen LogP contribution in [0.1, 0.15) is 10.4 Å². The number of benzene rings is 1. The van der Waals surface area contributed by atoms with Crippen LogP contribution in [0.2, 0.25) is 0 Å². The van der Waals surface area contributed by atoms with Crippen molar-refractivity contribution in [3.63, 3.8) is 0 Å². The number of Topliss-reactive ketones (excluding diaryl/α,β-unsaturated/α-hetero) is 1. The van der Waals surface area contributed by atoms with E-state index < -0.39 is 11.6 Å². The summed E-state index contributed by atoms with van der Waals surface area (Å²) in [7, 11) is 3.96. The van der Waals surface area contributed by atoms with Crippen LogP contribution < -0.4 is 0 Å². The fraction of sp³-hybridized carbons (Fsp3) is 0.333. The number of methoxy groups -OCH3 is 2. The quantitative estimate of drug-likeness (QED) is 0.242. The van der Waals surface area contributed by atoms with Crippen molar-refractivity contribution in [2.24, 2.45) is 5.16 Å². The van der Waals surface area contributed by atoms with Gasteiger partial charge >= 0.3 is 0 Å².